The lowest BCUT2D eigenvalue weighted by Gasteiger charge is -2.21. The molecule has 1 aliphatic heterocycles. The van der Waals surface area contributed by atoms with Gasteiger partial charge in [0.25, 0.3) is 0 Å². The molecule has 0 aromatic heterocycles. The molecular formula is C15H20N2O3. The second kappa shape index (κ2) is 6.41. The van der Waals surface area contributed by atoms with Crippen molar-refractivity contribution in [2.24, 2.45) is 0 Å². The number of hydrogen-bond donors (Lipinski definition) is 1. The summed E-state index contributed by atoms with van der Waals surface area (Å²) < 4.78 is 5.38. The number of ether oxygens (including phenoxy) is 1. The molecule has 1 atom stereocenters. The van der Waals surface area contributed by atoms with Gasteiger partial charge in [-0.05, 0) is 31.0 Å². The van der Waals surface area contributed by atoms with E-state index in [1.165, 1.54) is 0 Å². The molecule has 2 amide bonds. The van der Waals surface area contributed by atoms with Crippen LogP contribution >= 0.6 is 0 Å². The van der Waals surface area contributed by atoms with Gasteiger partial charge in [0.15, 0.2) is 0 Å². The third-order valence-electron chi connectivity index (χ3n) is 3.32. The van der Waals surface area contributed by atoms with Gasteiger partial charge in [-0.15, -0.1) is 0 Å². The van der Waals surface area contributed by atoms with Gasteiger partial charge in [-0.2, -0.15) is 0 Å². The van der Waals surface area contributed by atoms with Crippen LogP contribution in [0.5, 0.6) is 5.75 Å². The van der Waals surface area contributed by atoms with Crippen molar-refractivity contribution in [3.8, 4) is 5.75 Å². The Bertz CT molecular complexity index is 484. The van der Waals surface area contributed by atoms with Crippen molar-refractivity contribution < 1.29 is 14.3 Å². The number of carbonyl (C=O) groups is 2. The van der Waals surface area contributed by atoms with E-state index in [1.807, 2.05) is 31.2 Å². The molecule has 5 nitrogen and oxygen atoms in total. The van der Waals surface area contributed by atoms with E-state index in [0.717, 1.165) is 11.3 Å². The fourth-order valence-electron chi connectivity index (χ4n) is 2.27. The summed E-state index contributed by atoms with van der Waals surface area (Å²) in [6, 6.07) is 7.32. The molecule has 1 aliphatic rings. The number of hydrogen-bond acceptors (Lipinski definition) is 3. The van der Waals surface area contributed by atoms with E-state index in [2.05, 4.69) is 5.32 Å². The Kier molecular flexibility index (Phi) is 4.61. The van der Waals surface area contributed by atoms with E-state index >= 15 is 0 Å². The number of nitrogens with zero attached hydrogens (tertiary/aromatic N) is 1. The number of carbonyl (C=O) groups excluding carboxylic acids is 2. The van der Waals surface area contributed by atoms with Crippen molar-refractivity contribution in [3.05, 3.63) is 29.8 Å². The summed E-state index contributed by atoms with van der Waals surface area (Å²) >= 11 is 0. The Morgan fingerprint density at radius 3 is 2.65 bits per heavy atom. The van der Waals surface area contributed by atoms with Gasteiger partial charge in [0.1, 0.15) is 11.8 Å². The largest absolute Gasteiger partial charge is 0.494 e. The molecule has 20 heavy (non-hydrogen) atoms. The second-order valence-corrected chi connectivity index (χ2v) is 4.93. The topological polar surface area (TPSA) is 58.6 Å². The van der Waals surface area contributed by atoms with Crippen molar-refractivity contribution >= 4 is 11.8 Å². The van der Waals surface area contributed by atoms with Crippen LogP contribution in [0.4, 0.5) is 0 Å². The number of amides is 2. The van der Waals surface area contributed by atoms with Gasteiger partial charge < -0.3 is 15.0 Å². The van der Waals surface area contributed by atoms with E-state index in [9.17, 15) is 9.59 Å². The van der Waals surface area contributed by atoms with Crippen LogP contribution < -0.4 is 10.1 Å². The Morgan fingerprint density at radius 2 is 2.10 bits per heavy atom. The van der Waals surface area contributed by atoms with Crippen LogP contribution in [-0.2, 0) is 16.1 Å². The SMILES string of the molecule is CCOc1ccc(CN(C)C(=O)[C@@H]2CCC(=O)N2)cc1. The highest BCUT2D eigenvalue weighted by Gasteiger charge is 2.29. The molecule has 0 saturated carbocycles. The molecule has 1 heterocycles. The zero-order chi connectivity index (χ0) is 14.5. The van der Waals surface area contributed by atoms with E-state index < -0.39 is 0 Å². The van der Waals surface area contributed by atoms with Gasteiger partial charge in [0, 0.05) is 20.0 Å². The molecule has 0 spiro atoms. The van der Waals surface area contributed by atoms with E-state index in [1.54, 1.807) is 11.9 Å². The minimum Gasteiger partial charge on any atom is -0.494 e. The second-order valence-electron chi connectivity index (χ2n) is 4.93. The van der Waals surface area contributed by atoms with Crippen LogP contribution in [0.2, 0.25) is 0 Å². The lowest BCUT2D eigenvalue weighted by Crippen LogP contribution is -2.42. The summed E-state index contributed by atoms with van der Waals surface area (Å²) in [6.45, 7) is 3.10. The van der Waals surface area contributed by atoms with Crippen LogP contribution in [0.3, 0.4) is 0 Å². The van der Waals surface area contributed by atoms with Crippen LogP contribution in [0.15, 0.2) is 24.3 Å². The molecule has 1 aromatic rings. The van der Waals surface area contributed by atoms with Gasteiger partial charge in [-0.25, -0.2) is 0 Å². The molecular weight excluding hydrogens is 256 g/mol. The minimum atomic E-state index is -0.366. The highest BCUT2D eigenvalue weighted by Crippen LogP contribution is 2.15. The van der Waals surface area contributed by atoms with Gasteiger partial charge >= 0.3 is 0 Å². The zero-order valence-electron chi connectivity index (χ0n) is 11.9. The Labute approximate surface area is 118 Å². The zero-order valence-corrected chi connectivity index (χ0v) is 11.9. The highest BCUT2D eigenvalue weighted by molar-refractivity contribution is 5.90. The third-order valence-corrected chi connectivity index (χ3v) is 3.32. The standard InChI is InChI=1S/C15H20N2O3/c1-3-20-12-6-4-11(5-7-12)10-17(2)15(19)13-8-9-14(18)16-13/h4-7,13H,3,8-10H2,1-2H3,(H,16,18)/t13-/m0/s1. The predicted molar refractivity (Wildman–Crippen MR) is 75.2 cm³/mol. The highest BCUT2D eigenvalue weighted by atomic mass is 16.5. The molecule has 108 valence electrons. The summed E-state index contributed by atoms with van der Waals surface area (Å²) in [5.41, 5.74) is 1.04. The van der Waals surface area contributed by atoms with Crippen molar-refractivity contribution in [3.63, 3.8) is 0 Å². The molecule has 1 saturated heterocycles. The lowest BCUT2D eigenvalue weighted by molar-refractivity contribution is -0.133. The first-order chi connectivity index (χ1) is 9.60. The van der Waals surface area contributed by atoms with Gasteiger partial charge in [0.05, 0.1) is 6.61 Å². The summed E-state index contributed by atoms with van der Waals surface area (Å²) in [4.78, 5) is 24.9. The first-order valence-corrected chi connectivity index (χ1v) is 6.86. The monoisotopic (exact) mass is 276 g/mol. The predicted octanol–water partition coefficient (Wildman–Crippen LogP) is 1.32. The first-order valence-electron chi connectivity index (χ1n) is 6.86. The molecule has 1 fully saturated rings. The molecule has 0 aliphatic carbocycles. The average molecular weight is 276 g/mol. The first kappa shape index (κ1) is 14.4. The minimum absolute atomic E-state index is 0.0373. The van der Waals surface area contributed by atoms with Gasteiger partial charge in [0.2, 0.25) is 11.8 Å². The molecule has 0 radical (unpaired) electrons. The summed E-state index contributed by atoms with van der Waals surface area (Å²) in [7, 11) is 1.75. The number of benzene rings is 1. The van der Waals surface area contributed by atoms with Crippen molar-refractivity contribution in [2.75, 3.05) is 13.7 Å². The molecule has 2 rings (SSSR count). The van der Waals surface area contributed by atoms with Gasteiger partial charge in [-0.3, -0.25) is 9.59 Å². The fraction of sp³-hybridized carbons (Fsp3) is 0.467. The normalized spacial score (nSPS) is 17.7. The average Bonchev–Trinajstić information content (AvgIpc) is 2.87. The summed E-state index contributed by atoms with van der Waals surface area (Å²) in [6.07, 6.45) is 1.03. The van der Waals surface area contributed by atoms with Crippen LogP contribution in [0.1, 0.15) is 25.3 Å². The van der Waals surface area contributed by atoms with Crippen molar-refractivity contribution in [1.29, 1.82) is 0 Å². The smallest absolute Gasteiger partial charge is 0.245 e. The lowest BCUT2D eigenvalue weighted by atomic mass is 10.1. The maximum Gasteiger partial charge on any atom is 0.245 e. The van der Waals surface area contributed by atoms with Crippen LogP contribution in [0, 0.1) is 0 Å². The third kappa shape index (κ3) is 3.50. The van der Waals surface area contributed by atoms with Crippen molar-refractivity contribution in [2.45, 2.75) is 32.4 Å². The Morgan fingerprint density at radius 1 is 1.40 bits per heavy atom. The Hall–Kier alpha value is -2.04. The molecule has 1 N–H and O–H groups in total. The quantitative estimate of drug-likeness (QED) is 0.882. The molecule has 1 aromatic carbocycles. The molecule has 0 bridgehead atoms. The molecule has 5 heteroatoms. The summed E-state index contributed by atoms with van der Waals surface area (Å²) in [5.74, 6) is 0.746. The van der Waals surface area contributed by atoms with Gasteiger partial charge in [-0.1, -0.05) is 12.1 Å². The van der Waals surface area contributed by atoms with E-state index in [4.69, 9.17) is 4.74 Å². The maximum absolute atomic E-state index is 12.2. The maximum atomic E-state index is 12.2. The molecule has 0 unspecified atom stereocenters. The number of likely N-dealkylation sites (N-methyl/N-ethyl adjacent to an activating group) is 1. The Balaban J connectivity index is 1.91. The van der Waals surface area contributed by atoms with Crippen LogP contribution in [0.25, 0.3) is 0 Å². The number of nitrogens with one attached hydrogen (secondary N) is 1. The summed E-state index contributed by atoms with van der Waals surface area (Å²) in [5, 5.41) is 2.70. The van der Waals surface area contributed by atoms with Crippen molar-refractivity contribution in [1.82, 2.24) is 10.2 Å². The number of rotatable bonds is 5. The van der Waals surface area contributed by atoms with E-state index in [0.29, 0.717) is 26.0 Å². The van der Waals surface area contributed by atoms with E-state index in [-0.39, 0.29) is 17.9 Å². The van der Waals surface area contributed by atoms with Crippen LogP contribution in [-0.4, -0.2) is 36.4 Å². The fourth-order valence-corrected chi connectivity index (χ4v) is 2.27.